The van der Waals surface area contributed by atoms with Crippen molar-refractivity contribution in [3.63, 3.8) is 0 Å². The minimum absolute atomic E-state index is 0.231. The molecule has 0 aromatic carbocycles. The third-order valence-corrected chi connectivity index (χ3v) is 1.75. The molecule has 0 fully saturated rings. The Balaban J connectivity index is 2.44. The first-order valence-corrected chi connectivity index (χ1v) is 4.81. The van der Waals surface area contributed by atoms with Gasteiger partial charge in [-0.2, -0.15) is 0 Å². The van der Waals surface area contributed by atoms with Gasteiger partial charge in [0.2, 0.25) is 5.91 Å². The van der Waals surface area contributed by atoms with E-state index in [0.29, 0.717) is 10.8 Å². The molecule has 1 aromatic heterocycles. The summed E-state index contributed by atoms with van der Waals surface area (Å²) in [5.41, 5.74) is 0. The van der Waals surface area contributed by atoms with Crippen molar-refractivity contribution >= 4 is 23.6 Å². The molecule has 0 unspecified atom stereocenters. The van der Waals surface area contributed by atoms with Gasteiger partial charge in [-0.25, -0.2) is 0 Å². The molecule has 0 spiro atoms. The Kier molecular flexibility index (Phi) is 4.18. The van der Waals surface area contributed by atoms with Crippen molar-refractivity contribution in [1.82, 2.24) is 5.32 Å². The summed E-state index contributed by atoms with van der Waals surface area (Å²) >= 11 is 5.49. The first-order valence-electron chi connectivity index (χ1n) is 4.43. The van der Waals surface area contributed by atoms with Crippen molar-refractivity contribution in [2.24, 2.45) is 0 Å². The van der Waals surface area contributed by atoms with Crippen molar-refractivity contribution < 1.29 is 9.21 Å². The van der Waals surface area contributed by atoms with Crippen LogP contribution in [0.25, 0.3) is 6.08 Å². The molecule has 1 heterocycles. The average molecular weight is 226 g/mol. The third-order valence-electron chi connectivity index (χ3n) is 1.61. The fraction of sp³-hybridized carbons (Fsp3) is 0.182. The summed E-state index contributed by atoms with van der Waals surface area (Å²) in [4.78, 5) is 11.2. The second-order valence-electron chi connectivity index (χ2n) is 3.02. The van der Waals surface area contributed by atoms with E-state index in [-0.39, 0.29) is 12.5 Å². The Morgan fingerprint density at radius 3 is 2.93 bits per heavy atom. The maximum Gasteiger partial charge on any atom is 0.244 e. The molecule has 80 valence electrons. The largest absolute Gasteiger partial charge is 0.462 e. The number of hydrogen-bond donors (Lipinski definition) is 1. The normalized spacial score (nSPS) is 10.5. The smallest absolute Gasteiger partial charge is 0.244 e. The molecule has 1 amide bonds. The minimum Gasteiger partial charge on any atom is -0.462 e. The number of furan rings is 1. The van der Waals surface area contributed by atoms with E-state index in [0.717, 1.165) is 5.76 Å². The highest BCUT2D eigenvalue weighted by molar-refractivity contribution is 6.29. The number of hydrogen-bond acceptors (Lipinski definition) is 2. The molecule has 1 aromatic rings. The van der Waals surface area contributed by atoms with Crippen LogP contribution in [0.2, 0.25) is 0 Å². The Morgan fingerprint density at radius 1 is 1.67 bits per heavy atom. The van der Waals surface area contributed by atoms with Crippen LogP contribution < -0.4 is 5.32 Å². The van der Waals surface area contributed by atoms with Gasteiger partial charge in [0.1, 0.15) is 11.5 Å². The third kappa shape index (κ3) is 4.51. The zero-order valence-corrected chi connectivity index (χ0v) is 9.17. The van der Waals surface area contributed by atoms with Crippen LogP contribution in [-0.2, 0) is 4.79 Å². The second-order valence-corrected chi connectivity index (χ2v) is 3.55. The SMILES string of the molecule is C=C(Cl)CNC(=O)/C=C/c1ccc(C)o1. The molecule has 4 heteroatoms. The topological polar surface area (TPSA) is 42.2 Å². The van der Waals surface area contributed by atoms with E-state index in [9.17, 15) is 4.79 Å². The van der Waals surface area contributed by atoms with Gasteiger partial charge in [-0.15, -0.1) is 0 Å². The van der Waals surface area contributed by atoms with Crippen molar-refractivity contribution in [3.05, 3.63) is 41.3 Å². The van der Waals surface area contributed by atoms with Crippen LogP contribution in [0.3, 0.4) is 0 Å². The van der Waals surface area contributed by atoms with Gasteiger partial charge in [0.15, 0.2) is 0 Å². The quantitative estimate of drug-likeness (QED) is 0.800. The number of rotatable bonds is 4. The number of halogens is 1. The molecular formula is C11H12ClNO2. The zero-order chi connectivity index (χ0) is 11.3. The molecule has 0 radical (unpaired) electrons. The van der Waals surface area contributed by atoms with Gasteiger partial charge >= 0.3 is 0 Å². The summed E-state index contributed by atoms with van der Waals surface area (Å²) in [6.45, 7) is 5.56. The van der Waals surface area contributed by atoms with E-state index in [1.165, 1.54) is 6.08 Å². The van der Waals surface area contributed by atoms with Crippen molar-refractivity contribution in [3.8, 4) is 0 Å². The lowest BCUT2D eigenvalue weighted by Crippen LogP contribution is -2.21. The fourth-order valence-corrected chi connectivity index (χ4v) is 1.01. The summed E-state index contributed by atoms with van der Waals surface area (Å²) in [6.07, 6.45) is 2.98. The molecule has 0 saturated heterocycles. The van der Waals surface area contributed by atoms with Crippen molar-refractivity contribution in [2.75, 3.05) is 6.54 Å². The Hall–Kier alpha value is -1.48. The average Bonchev–Trinajstić information content (AvgIpc) is 2.58. The first kappa shape index (κ1) is 11.6. The summed E-state index contributed by atoms with van der Waals surface area (Å²) in [5.74, 6) is 1.22. The molecule has 0 atom stereocenters. The van der Waals surface area contributed by atoms with E-state index in [1.807, 2.05) is 13.0 Å². The Morgan fingerprint density at radius 2 is 2.40 bits per heavy atom. The number of aryl methyl sites for hydroxylation is 1. The lowest BCUT2D eigenvalue weighted by Gasteiger charge is -1.97. The van der Waals surface area contributed by atoms with Gasteiger partial charge in [0.05, 0.1) is 6.54 Å². The van der Waals surface area contributed by atoms with Crippen LogP contribution in [-0.4, -0.2) is 12.5 Å². The number of carbonyl (C=O) groups excluding carboxylic acids is 1. The monoisotopic (exact) mass is 225 g/mol. The lowest BCUT2D eigenvalue weighted by molar-refractivity contribution is -0.116. The maximum absolute atomic E-state index is 11.2. The van der Waals surface area contributed by atoms with E-state index in [4.69, 9.17) is 16.0 Å². The molecule has 0 saturated carbocycles. The predicted molar refractivity (Wildman–Crippen MR) is 60.5 cm³/mol. The summed E-state index contributed by atoms with van der Waals surface area (Å²) in [5, 5.41) is 2.95. The van der Waals surface area contributed by atoms with Crippen molar-refractivity contribution in [2.45, 2.75) is 6.92 Å². The molecule has 1 rings (SSSR count). The van der Waals surface area contributed by atoms with E-state index in [1.54, 1.807) is 12.1 Å². The van der Waals surface area contributed by atoms with Gasteiger partial charge in [-0.3, -0.25) is 4.79 Å². The highest BCUT2D eigenvalue weighted by Crippen LogP contribution is 2.07. The van der Waals surface area contributed by atoms with Crippen LogP contribution in [0.1, 0.15) is 11.5 Å². The molecule has 3 nitrogen and oxygen atoms in total. The summed E-state index contributed by atoms with van der Waals surface area (Å²) in [7, 11) is 0. The number of amides is 1. The van der Waals surface area contributed by atoms with Crippen LogP contribution in [0.15, 0.2) is 34.2 Å². The summed E-state index contributed by atoms with van der Waals surface area (Å²) < 4.78 is 5.25. The van der Waals surface area contributed by atoms with Gasteiger partial charge < -0.3 is 9.73 Å². The van der Waals surface area contributed by atoms with Gasteiger partial charge in [0, 0.05) is 11.1 Å². The molecule has 0 aliphatic rings. The molecule has 0 aliphatic heterocycles. The van der Waals surface area contributed by atoms with Crippen LogP contribution in [0, 0.1) is 6.92 Å². The molecule has 1 N–H and O–H groups in total. The van der Waals surface area contributed by atoms with E-state index >= 15 is 0 Å². The number of nitrogens with one attached hydrogen (secondary N) is 1. The zero-order valence-electron chi connectivity index (χ0n) is 8.42. The highest BCUT2D eigenvalue weighted by Gasteiger charge is 1.97. The second kappa shape index (κ2) is 5.41. The lowest BCUT2D eigenvalue weighted by atomic mass is 10.4. The minimum atomic E-state index is -0.231. The number of carbonyl (C=O) groups is 1. The molecule has 15 heavy (non-hydrogen) atoms. The van der Waals surface area contributed by atoms with E-state index < -0.39 is 0 Å². The Labute approximate surface area is 93.4 Å². The van der Waals surface area contributed by atoms with E-state index in [2.05, 4.69) is 11.9 Å². The van der Waals surface area contributed by atoms with Crippen LogP contribution >= 0.6 is 11.6 Å². The predicted octanol–water partition coefficient (Wildman–Crippen LogP) is 2.47. The molecular weight excluding hydrogens is 214 g/mol. The van der Waals surface area contributed by atoms with Gasteiger partial charge in [-0.05, 0) is 25.1 Å². The van der Waals surface area contributed by atoms with Crippen LogP contribution in [0.5, 0.6) is 0 Å². The van der Waals surface area contributed by atoms with Gasteiger partial charge in [-0.1, -0.05) is 18.2 Å². The van der Waals surface area contributed by atoms with Gasteiger partial charge in [0.25, 0.3) is 0 Å². The molecule has 0 bridgehead atoms. The van der Waals surface area contributed by atoms with Crippen LogP contribution in [0.4, 0.5) is 0 Å². The maximum atomic E-state index is 11.2. The van der Waals surface area contributed by atoms with Crippen molar-refractivity contribution in [1.29, 1.82) is 0 Å². The highest BCUT2D eigenvalue weighted by atomic mass is 35.5. The Bertz CT molecular complexity index is 393. The fourth-order valence-electron chi connectivity index (χ4n) is 0.943. The molecule has 0 aliphatic carbocycles. The summed E-state index contributed by atoms with van der Waals surface area (Å²) in [6, 6.07) is 3.62. The first-order chi connectivity index (χ1) is 7.08. The standard InChI is InChI=1S/C11H12ClNO2/c1-8(12)7-13-11(14)6-5-10-4-3-9(2)15-10/h3-6H,1,7H2,2H3,(H,13,14)/b6-5+.